The Kier molecular flexibility index (Phi) is 3.96. The first-order valence-electron chi connectivity index (χ1n) is 7.46. The lowest BCUT2D eigenvalue weighted by atomic mass is 9.76. The minimum Gasteiger partial charge on any atom is -0.367 e. The van der Waals surface area contributed by atoms with Crippen molar-refractivity contribution in [2.45, 2.75) is 5.92 Å². The molecule has 0 bridgehead atoms. The maximum atomic E-state index is 12.5. The third kappa shape index (κ3) is 2.48. The average molecular weight is 366 g/mol. The van der Waals surface area contributed by atoms with Gasteiger partial charge in [0.25, 0.3) is 0 Å². The fourth-order valence-electron chi connectivity index (χ4n) is 3.37. The highest BCUT2D eigenvalue weighted by molar-refractivity contribution is 6.42. The molecule has 24 heavy (non-hydrogen) atoms. The lowest BCUT2D eigenvalue weighted by Crippen LogP contribution is -2.42. The summed E-state index contributed by atoms with van der Waals surface area (Å²) in [6.45, 7) is 0.602. The molecule has 0 amide bonds. The van der Waals surface area contributed by atoms with Crippen LogP contribution in [0.5, 0.6) is 0 Å². The number of halogens is 2. The SMILES string of the molecule is O=C1COCC2=C1C(c1ccc(Cl)c(Cl)c1)C1=C(COCC1=O)N2. The Morgan fingerprint density at radius 3 is 2.00 bits per heavy atom. The third-order valence-electron chi connectivity index (χ3n) is 4.37. The van der Waals surface area contributed by atoms with Crippen molar-refractivity contribution in [1.29, 1.82) is 0 Å². The molecular formula is C17H13Cl2NO4. The van der Waals surface area contributed by atoms with Gasteiger partial charge in [-0.3, -0.25) is 9.59 Å². The Hall–Kier alpha value is -1.66. The number of Topliss-reactive ketones (excluding diaryl/α,β-unsaturated/α-hetero) is 2. The van der Waals surface area contributed by atoms with E-state index >= 15 is 0 Å². The molecule has 3 heterocycles. The Balaban J connectivity index is 1.92. The highest BCUT2D eigenvalue weighted by Crippen LogP contribution is 2.42. The Morgan fingerprint density at radius 2 is 1.46 bits per heavy atom. The maximum Gasteiger partial charge on any atom is 0.187 e. The summed E-state index contributed by atoms with van der Waals surface area (Å²) in [4.78, 5) is 25.0. The molecule has 0 fully saturated rings. The topological polar surface area (TPSA) is 64.6 Å². The lowest BCUT2D eigenvalue weighted by molar-refractivity contribution is -0.122. The van der Waals surface area contributed by atoms with Crippen LogP contribution in [-0.4, -0.2) is 38.0 Å². The largest absolute Gasteiger partial charge is 0.367 e. The van der Waals surface area contributed by atoms with Crippen molar-refractivity contribution in [3.63, 3.8) is 0 Å². The number of rotatable bonds is 1. The fourth-order valence-corrected chi connectivity index (χ4v) is 3.67. The van der Waals surface area contributed by atoms with Crippen LogP contribution in [-0.2, 0) is 19.1 Å². The number of ketones is 2. The van der Waals surface area contributed by atoms with Crippen molar-refractivity contribution >= 4 is 34.8 Å². The quantitative estimate of drug-likeness (QED) is 0.827. The first kappa shape index (κ1) is 15.8. The van der Waals surface area contributed by atoms with Crippen molar-refractivity contribution in [2.24, 2.45) is 0 Å². The lowest BCUT2D eigenvalue weighted by Gasteiger charge is -2.36. The van der Waals surface area contributed by atoms with Crippen molar-refractivity contribution in [2.75, 3.05) is 26.4 Å². The zero-order valence-corrected chi connectivity index (χ0v) is 14.0. The number of ether oxygens (including phenoxy) is 2. The summed E-state index contributed by atoms with van der Waals surface area (Å²) < 4.78 is 10.6. The predicted molar refractivity (Wildman–Crippen MR) is 88.0 cm³/mol. The number of carbonyl (C=O) groups excluding carboxylic acids is 2. The van der Waals surface area contributed by atoms with Gasteiger partial charge in [0.2, 0.25) is 0 Å². The van der Waals surface area contributed by atoms with E-state index in [0.717, 1.165) is 5.56 Å². The molecule has 0 aromatic heterocycles. The van der Waals surface area contributed by atoms with Gasteiger partial charge in [0.1, 0.15) is 13.2 Å². The minimum absolute atomic E-state index is 0.00559. The van der Waals surface area contributed by atoms with Crippen molar-refractivity contribution < 1.29 is 19.1 Å². The minimum atomic E-state index is -0.473. The summed E-state index contributed by atoms with van der Waals surface area (Å²) in [5.41, 5.74) is 3.25. The highest BCUT2D eigenvalue weighted by atomic mass is 35.5. The second-order valence-corrected chi connectivity index (χ2v) is 6.66. The third-order valence-corrected chi connectivity index (χ3v) is 5.11. The van der Waals surface area contributed by atoms with Crippen LogP contribution in [0.4, 0.5) is 0 Å². The molecule has 1 aromatic rings. The van der Waals surface area contributed by atoms with Gasteiger partial charge in [-0.2, -0.15) is 0 Å². The van der Waals surface area contributed by atoms with E-state index < -0.39 is 5.92 Å². The highest BCUT2D eigenvalue weighted by Gasteiger charge is 2.41. The summed E-state index contributed by atoms with van der Waals surface area (Å²) in [7, 11) is 0. The first-order chi connectivity index (χ1) is 11.6. The van der Waals surface area contributed by atoms with Crippen molar-refractivity contribution in [3.05, 3.63) is 56.3 Å². The van der Waals surface area contributed by atoms with Gasteiger partial charge in [0.15, 0.2) is 11.6 Å². The molecule has 1 N–H and O–H groups in total. The van der Waals surface area contributed by atoms with Gasteiger partial charge in [-0.05, 0) is 17.7 Å². The standard InChI is InChI=1S/C17H13Cl2NO4/c18-9-2-1-8(3-10(9)19)15-16-11(4-23-6-13(16)21)20-12-5-24-7-14(22)17(12)15/h1-3,15,20H,4-7H2. The smallest absolute Gasteiger partial charge is 0.187 e. The number of nitrogens with one attached hydrogen (secondary N) is 1. The maximum absolute atomic E-state index is 12.5. The summed E-state index contributed by atoms with van der Waals surface area (Å²) >= 11 is 12.2. The number of hydrogen-bond donors (Lipinski definition) is 1. The van der Waals surface area contributed by atoms with Gasteiger partial charge in [0, 0.05) is 28.5 Å². The van der Waals surface area contributed by atoms with E-state index in [-0.39, 0.29) is 24.8 Å². The van der Waals surface area contributed by atoms with Crippen molar-refractivity contribution in [3.8, 4) is 0 Å². The molecule has 4 rings (SSSR count). The summed E-state index contributed by atoms with van der Waals surface area (Å²) in [5.74, 6) is -0.741. The van der Waals surface area contributed by atoms with Gasteiger partial charge in [-0.25, -0.2) is 0 Å². The Bertz CT molecular complexity index is 786. The molecule has 1 aromatic carbocycles. The molecule has 3 aliphatic heterocycles. The molecule has 0 saturated carbocycles. The van der Waals surface area contributed by atoms with E-state index in [1.807, 2.05) is 0 Å². The van der Waals surface area contributed by atoms with Crippen LogP contribution in [0, 0.1) is 0 Å². The van der Waals surface area contributed by atoms with E-state index in [0.29, 0.717) is 45.8 Å². The monoisotopic (exact) mass is 365 g/mol. The first-order valence-corrected chi connectivity index (χ1v) is 8.22. The number of benzene rings is 1. The van der Waals surface area contributed by atoms with E-state index in [1.165, 1.54) is 0 Å². The number of carbonyl (C=O) groups is 2. The predicted octanol–water partition coefficient (Wildman–Crippen LogP) is 2.39. The van der Waals surface area contributed by atoms with Crippen LogP contribution in [0.1, 0.15) is 11.5 Å². The van der Waals surface area contributed by atoms with Gasteiger partial charge in [-0.15, -0.1) is 0 Å². The average Bonchev–Trinajstić information content (AvgIpc) is 2.56. The fraction of sp³-hybridized carbons (Fsp3) is 0.294. The van der Waals surface area contributed by atoms with E-state index in [1.54, 1.807) is 18.2 Å². The zero-order valence-electron chi connectivity index (χ0n) is 12.5. The van der Waals surface area contributed by atoms with Gasteiger partial charge in [-0.1, -0.05) is 29.3 Å². The summed E-state index contributed by atoms with van der Waals surface area (Å²) in [6, 6.07) is 5.18. The van der Waals surface area contributed by atoms with Crippen LogP contribution < -0.4 is 5.32 Å². The summed E-state index contributed by atoms with van der Waals surface area (Å²) in [5, 5.41) is 3.96. The summed E-state index contributed by atoms with van der Waals surface area (Å²) in [6.07, 6.45) is 0. The van der Waals surface area contributed by atoms with Gasteiger partial charge in [0.05, 0.1) is 23.3 Å². The van der Waals surface area contributed by atoms with Crippen molar-refractivity contribution in [1.82, 2.24) is 5.32 Å². The Labute approximate surface area is 148 Å². The van der Waals surface area contributed by atoms with Crippen LogP contribution in [0.25, 0.3) is 0 Å². The molecule has 5 nitrogen and oxygen atoms in total. The molecule has 0 radical (unpaired) electrons. The normalized spacial score (nSPS) is 21.6. The molecule has 3 aliphatic rings. The number of dihydropyridines is 1. The van der Waals surface area contributed by atoms with Gasteiger partial charge < -0.3 is 14.8 Å². The van der Waals surface area contributed by atoms with E-state index in [2.05, 4.69) is 5.32 Å². The van der Waals surface area contributed by atoms with Crippen LogP contribution in [0.3, 0.4) is 0 Å². The Morgan fingerprint density at radius 1 is 0.875 bits per heavy atom. The van der Waals surface area contributed by atoms with Crippen LogP contribution in [0.2, 0.25) is 10.0 Å². The molecular weight excluding hydrogens is 353 g/mol. The zero-order chi connectivity index (χ0) is 16.8. The molecule has 0 atom stereocenters. The van der Waals surface area contributed by atoms with E-state index in [9.17, 15) is 9.59 Å². The van der Waals surface area contributed by atoms with Gasteiger partial charge >= 0.3 is 0 Å². The molecule has 0 saturated heterocycles. The number of hydrogen-bond acceptors (Lipinski definition) is 5. The molecule has 0 spiro atoms. The van der Waals surface area contributed by atoms with E-state index in [4.69, 9.17) is 32.7 Å². The molecule has 7 heteroatoms. The second kappa shape index (κ2) is 6.01. The molecule has 0 aliphatic carbocycles. The molecule has 124 valence electrons. The van der Waals surface area contributed by atoms with Crippen LogP contribution in [0.15, 0.2) is 40.7 Å². The van der Waals surface area contributed by atoms with Crippen LogP contribution >= 0.6 is 23.2 Å². The molecule has 0 unspecified atom stereocenters. The second-order valence-electron chi connectivity index (χ2n) is 5.85.